The molecule has 2 N–H and O–H groups in total. The van der Waals surface area contributed by atoms with E-state index in [1.807, 2.05) is 13.0 Å². The summed E-state index contributed by atoms with van der Waals surface area (Å²) in [4.78, 5) is 0. The van der Waals surface area contributed by atoms with Crippen LogP contribution in [0.15, 0.2) is 36.4 Å². The summed E-state index contributed by atoms with van der Waals surface area (Å²) in [5.41, 5.74) is 11.9. The van der Waals surface area contributed by atoms with Gasteiger partial charge in [0.15, 0.2) is 0 Å². The molecule has 1 unspecified atom stereocenters. The zero-order chi connectivity index (χ0) is 14.0. The average molecular weight is 257 g/mol. The van der Waals surface area contributed by atoms with Crippen LogP contribution in [-0.4, -0.2) is 0 Å². The van der Waals surface area contributed by atoms with Crippen LogP contribution in [0.1, 0.15) is 33.9 Å². The van der Waals surface area contributed by atoms with Gasteiger partial charge in [0.1, 0.15) is 5.82 Å². The average Bonchev–Trinajstić information content (AvgIpc) is 2.31. The quantitative estimate of drug-likeness (QED) is 0.884. The fourth-order valence-electron chi connectivity index (χ4n) is 2.47. The molecule has 0 spiro atoms. The zero-order valence-electron chi connectivity index (χ0n) is 11.7. The van der Waals surface area contributed by atoms with E-state index in [2.05, 4.69) is 32.0 Å². The molecule has 0 aromatic heterocycles. The van der Waals surface area contributed by atoms with Crippen LogP contribution in [-0.2, 0) is 6.42 Å². The lowest BCUT2D eigenvalue weighted by atomic mass is 9.94. The van der Waals surface area contributed by atoms with Gasteiger partial charge in [0.25, 0.3) is 0 Å². The fourth-order valence-corrected chi connectivity index (χ4v) is 2.47. The summed E-state index contributed by atoms with van der Waals surface area (Å²) in [5.74, 6) is -0.193. The Morgan fingerprint density at radius 3 is 2.21 bits per heavy atom. The summed E-state index contributed by atoms with van der Waals surface area (Å²) < 4.78 is 13.1. The van der Waals surface area contributed by atoms with Crippen LogP contribution in [0.25, 0.3) is 0 Å². The van der Waals surface area contributed by atoms with Crippen LogP contribution in [0.3, 0.4) is 0 Å². The normalized spacial score (nSPS) is 12.5. The summed E-state index contributed by atoms with van der Waals surface area (Å²) >= 11 is 0. The third-order valence-electron chi connectivity index (χ3n) is 3.42. The summed E-state index contributed by atoms with van der Waals surface area (Å²) in [6, 6.07) is 11.2. The Kier molecular flexibility index (Phi) is 4.01. The van der Waals surface area contributed by atoms with Gasteiger partial charge in [-0.2, -0.15) is 0 Å². The van der Waals surface area contributed by atoms with Crippen LogP contribution < -0.4 is 5.73 Å². The van der Waals surface area contributed by atoms with Gasteiger partial charge in [-0.3, -0.25) is 0 Å². The van der Waals surface area contributed by atoms with Crippen LogP contribution in [0.4, 0.5) is 4.39 Å². The molecular formula is C17H20FN. The van der Waals surface area contributed by atoms with Crippen molar-refractivity contribution < 1.29 is 4.39 Å². The Labute approximate surface area is 114 Å². The van der Waals surface area contributed by atoms with E-state index in [1.54, 1.807) is 6.07 Å². The maximum Gasteiger partial charge on any atom is 0.123 e. The zero-order valence-corrected chi connectivity index (χ0v) is 11.7. The molecule has 0 amide bonds. The van der Waals surface area contributed by atoms with E-state index in [0.717, 1.165) is 23.1 Å². The second-order valence-electron chi connectivity index (χ2n) is 5.30. The number of rotatable bonds is 3. The van der Waals surface area contributed by atoms with Gasteiger partial charge in [0.2, 0.25) is 0 Å². The molecule has 19 heavy (non-hydrogen) atoms. The molecule has 1 atom stereocenters. The number of halogens is 1. The summed E-state index contributed by atoms with van der Waals surface area (Å²) in [5, 5.41) is 0. The minimum absolute atomic E-state index is 0.0530. The molecule has 2 heteroatoms. The first kappa shape index (κ1) is 13.8. The van der Waals surface area contributed by atoms with E-state index in [9.17, 15) is 4.39 Å². The van der Waals surface area contributed by atoms with Crippen molar-refractivity contribution in [3.8, 4) is 0 Å². The molecule has 2 aromatic carbocycles. The number of aryl methyl sites for hydroxylation is 3. The van der Waals surface area contributed by atoms with Crippen LogP contribution in [0.2, 0.25) is 0 Å². The Balaban J connectivity index is 2.22. The van der Waals surface area contributed by atoms with Gasteiger partial charge in [-0.1, -0.05) is 35.4 Å². The van der Waals surface area contributed by atoms with Crippen molar-refractivity contribution in [2.75, 3.05) is 0 Å². The molecule has 0 saturated carbocycles. The Hall–Kier alpha value is -1.67. The van der Waals surface area contributed by atoms with Gasteiger partial charge in [-0.15, -0.1) is 0 Å². The number of hydrogen-bond donors (Lipinski definition) is 1. The van der Waals surface area contributed by atoms with Crippen molar-refractivity contribution in [3.05, 3.63) is 70.0 Å². The number of hydrogen-bond acceptors (Lipinski definition) is 1. The van der Waals surface area contributed by atoms with Gasteiger partial charge < -0.3 is 5.73 Å². The molecule has 2 rings (SSSR count). The summed E-state index contributed by atoms with van der Waals surface area (Å²) in [6.07, 6.45) is 0.731. The molecule has 0 saturated heterocycles. The molecule has 0 bridgehead atoms. The maximum atomic E-state index is 13.1. The Morgan fingerprint density at radius 2 is 1.63 bits per heavy atom. The van der Waals surface area contributed by atoms with Gasteiger partial charge in [0, 0.05) is 6.04 Å². The van der Waals surface area contributed by atoms with E-state index < -0.39 is 0 Å². The Morgan fingerprint density at radius 1 is 1.00 bits per heavy atom. The lowest BCUT2D eigenvalue weighted by molar-refractivity contribution is 0.624. The smallest absolute Gasteiger partial charge is 0.123 e. The van der Waals surface area contributed by atoms with Crippen molar-refractivity contribution in [2.24, 2.45) is 5.73 Å². The van der Waals surface area contributed by atoms with Crippen LogP contribution >= 0.6 is 0 Å². The van der Waals surface area contributed by atoms with Crippen LogP contribution in [0.5, 0.6) is 0 Å². The lowest BCUT2D eigenvalue weighted by Crippen LogP contribution is -2.14. The number of nitrogens with two attached hydrogens (primary N) is 1. The summed E-state index contributed by atoms with van der Waals surface area (Å²) in [6.45, 7) is 6.07. The van der Waals surface area contributed by atoms with Crippen molar-refractivity contribution >= 4 is 0 Å². The molecule has 0 heterocycles. The second-order valence-corrected chi connectivity index (χ2v) is 5.30. The monoisotopic (exact) mass is 257 g/mol. The predicted molar refractivity (Wildman–Crippen MR) is 77.7 cm³/mol. The standard InChI is InChI=1S/C17H20FN/c1-11-6-12(2)8-15(7-11)17(19)10-14-4-5-16(18)9-13(14)3/h4-9,17H,10,19H2,1-3H3. The Bertz CT molecular complexity index is 570. The van der Waals surface area contributed by atoms with Gasteiger partial charge in [0.05, 0.1) is 0 Å². The molecular weight excluding hydrogens is 237 g/mol. The van der Waals surface area contributed by atoms with E-state index in [4.69, 9.17) is 5.73 Å². The first-order valence-corrected chi connectivity index (χ1v) is 6.54. The lowest BCUT2D eigenvalue weighted by Gasteiger charge is -2.15. The molecule has 0 aliphatic heterocycles. The largest absolute Gasteiger partial charge is 0.324 e. The molecule has 0 radical (unpaired) electrons. The summed E-state index contributed by atoms with van der Waals surface area (Å²) in [7, 11) is 0. The van der Waals surface area contributed by atoms with E-state index in [0.29, 0.717) is 0 Å². The first-order chi connectivity index (χ1) is 8.95. The highest BCUT2D eigenvalue weighted by molar-refractivity contribution is 5.33. The van der Waals surface area contributed by atoms with Crippen molar-refractivity contribution in [2.45, 2.75) is 33.2 Å². The topological polar surface area (TPSA) is 26.0 Å². The highest BCUT2D eigenvalue weighted by Gasteiger charge is 2.10. The van der Waals surface area contributed by atoms with Crippen molar-refractivity contribution in [1.82, 2.24) is 0 Å². The van der Waals surface area contributed by atoms with E-state index in [1.165, 1.54) is 17.2 Å². The minimum Gasteiger partial charge on any atom is -0.324 e. The highest BCUT2D eigenvalue weighted by atomic mass is 19.1. The fraction of sp³-hybridized carbons (Fsp3) is 0.294. The SMILES string of the molecule is Cc1cc(C)cc(C(N)Cc2ccc(F)cc2C)c1. The van der Waals surface area contributed by atoms with Crippen LogP contribution in [0, 0.1) is 26.6 Å². The molecule has 0 aliphatic carbocycles. The van der Waals surface area contributed by atoms with Gasteiger partial charge in [-0.05, 0) is 56.0 Å². The second kappa shape index (κ2) is 5.54. The predicted octanol–water partition coefficient (Wildman–Crippen LogP) is 3.99. The number of benzene rings is 2. The minimum atomic E-state index is -0.193. The molecule has 100 valence electrons. The molecule has 0 aliphatic rings. The van der Waals surface area contributed by atoms with Gasteiger partial charge in [-0.25, -0.2) is 4.39 Å². The molecule has 1 nitrogen and oxygen atoms in total. The van der Waals surface area contributed by atoms with Crippen molar-refractivity contribution in [3.63, 3.8) is 0 Å². The third kappa shape index (κ3) is 3.42. The third-order valence-corrected chi connectivity index (χ3v) is 3.42. The van der Waals surface area contributed by atoms with Gasteiger partial charge >= 0.3 is 0 Å². The van der Waals surface area contributed by atoms with E-state index in [-0.39, 0.29) is 11.9 Å². The maximum absolute atomic E-state index is 13.1. The van der Waals surface area contributed by atoms with Crippen molar-refractivity contribution in [1.29, 1.82) is 0 Å². The highest BCUT2D eigenvalue weighted by Crippen LogP contribution is 2.21. The molecule has 2 aromatic rings. The molecule has 0 fully saturated rings. The van der Waals surface area contributed by atoms with E-state index >= 15 is 0 Å². The first-order valence-electron chi connectivity index (χ1n) is 6.54.